The van der Waals surface area contributed by atoms with E-state index in [-0.39, 0.29) is 23.7 Å². The lowest BCUT2D eigenvalue weighted by Gasteiger charge is -2.39. The van der Waals surface area contributed by atoms with Crippen molar-refractivity contribution in [3.63, 3.8) is 0 Å². The first-order valence-corrected chi connectivity index (χ1v) is 9.20. The summed E-state index contributed by atoms with van der Waals surface area (Å²) in [6, 6.07) is 8.13. The third-order valence-electron chi connectivity index (χ3n) is 5.73. The van der Waals surface area contributed by atoms with Gasteiger partial charge in [-0.1, -0.05) is 0 Å². The van der Waals surface area contributed by atoms with Crippen LogP contribution in [-0.4, -0.2) is 28.2 Å². The number of aromatic amines is 2. The van der Waals surface area contributed by atoms with E-state index in [0.29, 0.717) is 27.5 Å². The zero-order chi connectivity index (χ0) is 21.3. The van der Waals surface area contributed by atoms with Crippen molar-refractivity contribution >= 4 is 21.9 Å². The van der Waals surface area contributed by atoms with Crippen LogP contribution in [0.25, 0.3) is 21.9 Å². The van der Waals surface area contributed by atoms with Crippen LogP contribution in [0, 0.1) is 18.3 Å². The number of alkyl halides is 3. The molecule has 2 aromatic carbocycles. The standard InChI is InChI=1S/C21H16F3N5O/c1-10-5-15(30-2)17-16-12(8-26-18(10)16)9-27-20(17,21(22,23)24)19-28-13-4-3-11(7-25)6-14(13)29-19/h3-6,8,26-27H,9H2,1-2H3,(H,28,29). The van der Waals surface area contributed by atoms with Gasteiger partial charge >= 0.3 is 6.18 Å². The minimum atomic E-state index is -4.73. The maximum absolute atomic E-state index is 14.9. The number of ether oxygens (including phenoxy) is 1. The molecule has 3 heterocycles. The Hall–Kier alpha value is -3.51. The van der Waals surface area contributed by atoms with Crippen LogP contribution in [-0.2, 0) is 12.1 Å². The predicted octanol–water partition coefficient (Wildman–Crippen LogP) is 4.14. The highest BCUT2D eigenvalue weighted by atomic mass is 19.4. The summed E-state index contributed by atoms with van der Waals surface area (Å²) < 4.78 is 50.0. The first kappa shape index (κ1) is 18.5. The Balaban J connectivity index is 1.91. The molecule has 1 unspecified atom stereocenters. The van der Waals surface area contributed by atoms with Gasteiger partial charge in [0.1, 0.15) is 11.6 Å². The third-order valence-corrected chi connectivity index (χ3v) is 5.73. The van der Waals surface area contributed by atoms with E-state index in [1.165, 1.54) is 25.3 Å². The van der Waals surface area contributed by atoms with E-state index in [1.807, 2.05) is 13.0 Å². The maximum atomic E-state index is 14.9. The largest absolute Gasteiger partial charge is 0.496 e. The molecule has 3 N–H and O–H groups in total. The number of halogens is 3. The second kappa shape index (κ2) is 6.00. The number of nitrogens with one attached hydrogen (secondary N) is 3. The number of aryl methyl sites for hydroxylation is 1. The first-order chi connectivity index (χ1) is 14.3. The first-order valence-electron chi connectivity index (χ1n) is 9.20. The lowest BCUT2D eigenvalue weighted by molar-refractivity contribution is -0.190. The third kappa shape index (κ3) is 2.25. The molecular formula is C21H16F3N5O. The second-order valence-electron chi connectivity index (χ2n) is 7.37. The number of H-pyrrole nitrogens is 2. The molecule has 0 amide bonds. The van der Waals surface area contributed by atoms with Crippen LogP contribution in [0.2, 0.25) is 0 Å². The van der Waals surface area contributed by atoms with Crippen LogP contribution in [0.4, 0.5) is 13.2 Å². The van der Waals surface area contributed by atoms with E-state index >= 15 is 0 Å². The van der Waals surface area contributed by atoms with Crippen molar-refractivity contribution in [1.82, 2.24) is 20.3 Å². The van der Waals surface area contributed by atoms with Gasteiger partial charge in [0.2, 0.25) is 5.54 Å². The molecule has 9 heteroatoms. The predicted molar refractivity (Wildman–Crippen MR) is 104 cm³/mol. The van der Waals surface area contributed by atoms with E-state index in [2.05, 4.69) is 20.3 Å². The van der Waals surface area contributed by atoms with Crippen molar-refractivity contribution in [2.24, 2.45) is 0 Å². The summed E-state index contributed by atoms with van der Waals surface area (Å²) >= 11 is 0. The molecule has 5 rings (SSSR count). The topological polar surface area (TPSA) is 89.5 Å². The minimum Gasteiger partial charge on any atom is -0.496 e. The van der Waals surface area contributed by atoms with Crippen LogP contribution in [0.3, 0.4) is 0 Å². The molecule has 0 saturated carbocycles. The monoisotopic (exact) mass is 411 g/mol. The van der Waals surface area contributed by atoms with Crippen molar-refractivity contribution in [3.8, 4) is 11.8 Å². The molecule has 1 aliphatic rings. The number of aromatic nitrogens is 3. The molecule has 1 atom stereocenters. The molecular weight excluding hydrogens is 395 g/mol. The summed E-state index contributed by atoms with van der Waals surface area (Å²) in [5.41, 5.74) is 0.555. The van der Waals surface area contributed by atoms with Gasteiger partial charge < -0.3 is 14.7 Å². The van der Waals surface area contributed by atoms with Crippen LogP contribution >= 0.6 is 0 Å². The van der Waals surface area contributed by atoms with E-state index in [9.17, 15) is 13.2 Å². The van der Waals surface area contributed by atoms with Crippen molar-refractivity contribution in [2.45, 2.75) is 25.2 Å². The SMILES string of the molecule is COc1cc(C)c2[nH]cc3c2c1C(c1nc2ccc(C#N)cc2[nH]1)(C(F)(F)F)NC3. The Kier molecular flexibility index (Phi) is 3.70. The number of methoxy groups -OCH3 is 1. The van der Waals surface area contributed by atoms with Gasteiger partial charge in [0.25, 0.3) is 0 Å². The van der Waals surface area contributed by atoms with Crippen molar-refractivity contribution in [2.75, 3.05) is 7.11 Å². The maximum Gasteiger partial charge on any atom is 0.418 e. The normalized spacial score (nSPS) is 18.7. The number of nitriles is 1. The molecule has 0 radical (unpaired) electrons. The van der Waals surface area contributed by atoms with Crippen molar-refractivity contribution < 1.29 is 17.9 Å². The Morgan fingerprint density at radius 1 is 1.27 bits per heavy atom. The van der Waals surface area contributed by atoms with Gasteiger partial charge in [-0.2, -0.15) is 18.4 Å². The molecule has 0 fully saturated rings. The zero-order valence-electron chi connectivity index (χ0n) is 16.0. The average molecular weight is 411 g/mol. The van der Waals surface area contributed by atoms with E-state index in [0.717, 1.165) is 11.1 Å². The Labute approximate surface area is 168 Å². The number of hydrogen-bond donors (Lipinski definition) is 3. The molecule has 6 nitrogen and oxygen atoms in total. The summed E-state index contributed by atoms with van der Waals surface area (Å²) in [6.07, 6.45) is -3.02. The van der Waals surface area contributed by atoms with E-state index < -0.39 is 11.7 Å². The molecule has 30 heavy (non-hydrogen) atoms. The van der Waals surface area contributed by atoms with Gasteiger partial charge in [-0.25, -0.2) is 4.98 Å². The summed E-state index contributed by atoms with van der Waals surface area (Å²) in [6.45, 7) is 1.82. The molecule has 0 bridgehead atoms. The second-order valence-corrected chi connectivity index (χ2v) is 7.37. The van der Waals surface area contributed by atoms with Crippen molar-refractivity contribution in [3.05, 3.63) is 58.5 Å². The van der Waals surface area contributed by atoms with Gasteiger partial charge in [-0.15, -0.1) is 0 Å². The van der Waals surface area contributed by atoms with E-state index in [4.69, 9.17) is 10.00 Å². The van der Waals surface area contributed by atoms with Gasteiger partial charge in [0.15, 0.2) is 0 Å². The number of hydrogen-bond acceptors (Lipinski definition) is 4. The van der Waals surface area contributed by atoms with Gasteiger partial charge in [0, 0.05) is 29.2 Å². The fraction of sp³-hybridized carbons (Fsp3) is 0.238. The van der Waals surface area contributed by atoms with Gasteiger partial charge in [0.05, 0.1) is 29.8 Å². The van der Waals surface area contributed by atoms with Crippen LogP contribution in [0.5, 0.6) is 5.75 Å². The lowest BCUT2D eigenvalue weighted by atomic mass is 9.80. The fourth-order valence-corrected chi connectivity index (χ4v) is 4.35. The Morgan fingerprint density at radius 3 is 2.77 bits per heavy atom. The highest BCUT2D eigenvalue weighted by molar-refractivity contribution is 5.94. The number of imidazole rings is 1. The van der Waals surface area contributed by atoms with Crippen LogP contribution in [0.1, 0.15) is 28.1 Å². The number of rotatable bonds is 2. The summed E-state index contributed by atoms with van der Waals surface area (Å²) in [7, 11) is 1.36. The van der Waals surface area contributed by atoms with Gasteiger partial charge in [-0.05, 0) is 42.3 Å². The highest BCUT2D eigenvalue weighted by Gasteiger charge is 2.62. The number of fused-ring (bicyclic) bond motifs is 1. The van der Waals surface area contributed by atoms with Gasteiger partial charge in [-0.3, -0.25) is 5.32 Å². The smallest absolute Gasteiger partial charge is 0.418 e. The molecule has 0 spiro atoms. The summed E-state index contributed by atoms with van der Waals surface area (Å²) in [4.78, 5) is 10.2. The van der Waals surface area contributed by atoms with Crippen LogP contribution < -0.4 is 10.1 Å². The average Bonchev–Trinajstić information content (AvgIpc) is 3.33. The van der Waals surface area contributed by atoms with Crippen molar-refractivity contribution in [1.29, 1.82) is 5.26 Å². The van der Waals surface area contributed by atoms with Crippen LogP contribution in [0.15, 0.2) is 30.5 Å². The van der Waals surface area contributed by atoms with E-state index in [1.54, 1.807) is 12.3 Å². The Bertz CT molecular complexity index is 1360. The molecule has 152 valence electrons. The molecule has 0 saturated heterocycles. The minimum absolute atomic E-state index is 0.000388. The summed E-state index contributed by atoms with van der Waals surface area (Å²) in [5, 5.41) is 12.3. The lowest BCUT2D eigenvalue weighted by Crippen LogP contribution is -2.56. The number of benzene rings is 2. The fourth-order valence-electron chi connectivity index (χ4n) is 4.35. The molecule has 4 aromatic rings. The molecule has 0 aliphatic carbocycles. The molecule has 1 aliphatic heterocycles. The number of nitrogens with zero attached hydrogens (tertiary/aromatic N) is 2. The molecule has 2 aromatic heterocycles. The quantitative estimate of drug-likeness (QED) is 0.463. The highest BCUT2D eigenvalue weighted by Crippen LogP contribution is 2.52. The zero-order valence-corrected chi connectivity index (χ0v) is 16.0. The Morgan fingerprint density at radius 2 is 2.07 bits per heavy atom. The summed E-state index contributed by atoms with van der Waals surface area (Å²) in [5.74, 6) is -0.168.